The number of hydrogen-bond donors (Lipinski definition) is 1. The van der Waals surface area contributed by atoms with Gasteiger partial charge in [0.15, 0.2) is 5.13 Å². The molecule has 8 heteroatoms. The Hall–Kier alpha value is -2.97. The fourth-order valence-electron chi connectivity index (χ4n) is 3.20. The van der Waals surface area contributed by atoms with Crippen molar-refractivity contribution in [1.29, 1.82) is 0 Å². The van der Waals surface area contributed by atoms with Crippen LogP contribution >= 0.6 is 11.3 Å². The van der Waals surface area contributed by atoms with E-state index < -0.39 is 0 Å². The van der Waals surface area contributed by atoms with Crippen molar-refractivity contribution in [2.75, 3.05) is 43.6 Å². The number of rotatable bonds is 5. The second kappa shape index (κ2) is 8.59. The fourth-order valence-corrected chi connectivity index (χ4v) is 3.91. The lowest BCUT2D eigenvalue weighted by molar-refractivity contribution is 0.102. The monoisotopic (exact) mass is 410 g/mol. The molecule has 1 amide bonds. The van der Waals surface area contributed by atoms with Gasteiger partial charge in [0.05, 0.1) is 26.0 Å². The van der Waals surface area contributed by atoms with Crippen LogP contribution < -0.4 is 15.0 Å². The summed E-state index contributed by atoms with van der Waals surface area (Å²) < 4.78 is 10.8. The summed E-state index contributed by atoms with van der Waals surface area (Å²) in [5.41, 5.74) is 4.11. The van der Waals surface area contributed by atoms with Crippen molar-refractivity contribution in [3.63, 3.8) is 0 Å². The highest BCUT2D eigenvalue weighted by Gasteiger charge is 2.16. The second-order valence-corrected chi connectivity index (χ2v) is 7.55. The van der Waals surface area contributed by atoms with Crippen LogP contribution in [0.15, 0.2) is 41.9 Å². The summed E-state index contributed by atoms with van der Waals surface area (Å²) >= 11 is 1.37. The number of pyridine rings is 1. The van der Waals surface area contributed by atoms with Crippen LogP contribution in [0, 0.1) is 6.92 Å². The molecule has 1 saturated heterocycles. The third-order valence-electron chi connectivity index (χ3n) is 4.71. The maximum atomic E-state index is 12.7. The van der Waals surface area contributed by atoms with Crippen LogP contribution in [0.2, 0.25) is 0 Å². The van der Waals surface area contributed by atoms with Crippen molar-refractivity contribution >= 4 is 28.1 Å². The summed E-state index contributed by atoms with van der Waals surface area (Å²) in [7, 11) is 1.64. The molecule has 0 atom stereocenters. The number of nitrogens with zero attached hydrogens (tertiary/aromatic N) is 3. The van der Waals surface area contributed by atoms with Crippen molar-refractivity contribution in [2.45, 2.75) is 6.92 Å². The molecule has 0 unspecified atom stereocenters. The van der Waals surface area contributed by atoms with Gasteiger partial charge < -0.3 is 14.4 Å². The molecule has 0 aliphatic carbocycles. The Labute approximate surface area is 173 Å². The summed E-state index contributed by atoms with van der Waals surface area (Å²) in [6.45, 7) is 5.01. The highest BCUT2D eigenvalue weighted by atomic mass is 32.1. The van der Waals surface area contributed by atoms with E-state index >= 15 is 0 Å². The molecule has 1 fully saturated rings. The van der Waals surface area contributed by atoms with Gasteiger partial charge in [0.2, 0.25) is 0 Å². The van der Waals surface area contributed by atoms with E-state index in [0.717, 1.165) is 41.3 Å². The average Bonchev–Trinajstić information content (AvgIpc) is 3.22. The summed E-state index contributed by atoms with van der Waals surface area (Å²) in [4.78, 5) is 23.7. The van der Waals surface area contributed by atoms with Crippen LogP contribution in [0.4, 0.5) is 10.8 Å². The van der Waals surface area contributed by atoms with Crippen LogP contribution in [0.25, 0.3) is 11.3 Å². The maximum Gasteiger partial charge on any atom is 0.276 e. The Morgan fingerprint density at radius 3 is 2.86 bits per heavy atom. The zero-order valence-electron chi connectivity index (χ0n) is 16.3. The number of carbonyl (C=O) groups is 1. The Bertz CT molecular complexity index is 1010. The molecule has 4 rings (SSSR count). The van der Waals surface area contributed by atoms with Crippen LogP contribution in [0.5, 0.6) is 5.75 Å². The van der Waals surface area contributed by atoms with Crippen LogP contribution in [0.3, 0.4) is 0 Å². The molecule has 3 heterocycles. The molecule has 1 aliphatic heterocycles. The predicted molar refractivity (Wildman–Crippen MR) is 114 cm³/mol. The molecule has 3 aromatic rings. The number of aryl methyl sites for hydroxylation is 1. The molecule has 150 valence electrons. The van der Waals surface area contributed by atoms with Crippen LogP contribution in [-0.2, 0) is 4.74 Å². The standard InChI is InChI=1S/C21H22N4O3S/c1-14-3-4-19(27-2)16(11-14)18-13-29-21(23-18)24-20(26)17-12-15(5-6-22-17)25-7-9-28-10-8-25/h3-6,11-13H,7-10H2,1-2H3,(H,23,24,26). The van der Waals surface area contributed by atoms with Crippen molar-refractivity contribution in [1.82, 2.24) is 9.97 Å². The minimum atomic E-state index is -0.280. The molecular weight excluding hydrogens is 388 g/mol. The van der Waals surface area contributed by atoms with Gasteiger partial charge in [-0.15, -0.1) is 11.3 Å². The number of benzene rings is 1. The molecule has 29 heavy (non-hydrogen) atoms. The van der Waals surface area contributed by atoms with Gasteiger partial charge in [-0.2, -0.15) is 0 Å². The van der Waals surface area contributed by atoms with Crippen molar-refractivity contribution in [3.05, 3.63) is 53.2 Å². The van der Waals surface area contributed by atoms with E-state index in [-0.39, 0.29) is 5.91 Å². The first kappa shape index (κ1) is 19.4. The van der Waals surface area contributed by atoms with E-state index in [0.29, 0.717) is 24.0 Å². The molecule has 7 nitrogen and oxygen atoms in total. The van der Waals surface area contributed by atoms with Crippen molar-refractivity contribution < 1.29 is 14.3 Å². The Morgan fingerprint density at radius 2 is 2.07 bits per heavy atom. The van der Waals surface area contributed by atoms with Gasteiger partial charge in [0.25, 0.3) is 5.91 Å². The zero-order chi connectivity index (χ0) is 20.2. The first-order chi connectivity index (χ1) is 14.1. The van der Waals surface area contributed by atoms with Gasteiger partial charge in [0, 0.05) is 35.9 Å². The summed E-state index contributed by atoms with van der Waals surface area (Å²) in [6, 6.07) is 9.65. The molecular formula is C21H22N4O3S. The predicted octanol–water partition coefficient (Wildman–Crippen LogP) is 3.61. The normalized spacial score (nSPS) is 13.9. The molecule has 1 aromatic carbocycles. The lowest BCUT2D eigenvalue weighted by atomic mass is 10.1. The largest absolute Gasteiger partial charge is 0.496 e. The number of nitrogens with one attached hydrogen (secondary N) is 1. The van der Waals surface area contributed by atoms with E-state index in [1.165, 1.54) is 11.3 Å². The summed E-state index contributed by atoms with van der Waals surface area (Å²) in [6.07, 6.45) is 1.66. The maximum absolute atomic E-state index is 12.7. The SMILES string of the molecule is COc1ccc(C)cc1-c1csc(NC(=O)c2cc(N3CCOCC3)ccn2)n1. The number of hydrogen-bond acceptors (Lipinski definition) is 7. The fraction of sp³-hybridized carbons (Fsp3) is 0.286. The number of aromatic nitrogens is 2. The summed E-state index contributed by atoms with van der Waals surface area (Å²) in [5, 5.41) is 5.28. The highest BCUT2D eigenvalue weighted by Crippen LogP contribution is 2.33. The third-order valence-corrected chi connectivity index (χ3v) is 5.47. The van der Waals surface area contributed by atoms with Gasteiger partial charge in [-0.3, -0.25) is 15.1 Å². The number of ether oxygens (including phenoxy) is 2. The van der Waals surface area contributed by atoms with E-state index in [9.17, 15) is 4.79 Å². The smallest absolute Gasteiger partial charge is 0.276 e. The Kier molecular flexibility index (Phi) is 5.73. The quantitative estimate of drug-likeness (QED) is 0.692. The number of amides is 1. The lowest BCUT2D eigenvalue weighted by Crippen LogP contribution is -2.36. The number of methoxy groups -OCH3 is 1. The van der Waals surface area contributed by atoms with Gasteiger partial charge in [-0.25, -0.2) is 4.98 Å². The second-order valence-electron chi connectivity index (χ2n) is 6.69. The molecule has 2 aromatic heterocycles. The van der Waals surface area contributed by atoms with Crippen molar-refractivity contribution in [3.8, 4) is 17.0 Å². The van der Waals surface area contributed by atoms with Crippen LogP contribution in [0.1, 0.15) is 16.1 Å². The number of thiazole rings is 1. The minimum Gasteiger partial charge on any atom is -0.496 e. The van der Waals surface area contributed by atoms with Gasteiger partial charge in [-0.1, -0.05) is 11.6 Å². The van der Waals surface area contributed by atoms with Gasteiger partial charge >= 0.3 is 0 Å². The number of carbonyl (C=O) groups excluding carboxylic acids is 1. The molecule has 0 bridgehead atoms. The summed E-state index contributed by atoms with van der Waals surface area (Å²) in [5.74, 6) is 0.468. The number of anilines is 2. The highest BCUT2D eigenvalue weighted by molar-refractivity contribution is 7.14. The van der Waals surface area contributed by atoms with E-state index in [1.54, 1.807) is 19.4 Å². The molecule has 0 spiro atoms. The van der Waals surface area contributed by atoms with Gasteiger partial charge in [0.1, 0.15) is 11.4 Å². The first-order valence-electron chi connectivity index (χ1n) is 9.34. The van der Waals surface area contributed by atoms with E-state index in [1.807, 2.05) is 36.6 Å². The zero-order valence-corrected chi connectivity index (χ0v) is 17.2. The Morgan fingerprint density at radius 1 is 1.24 bits per heavy atom. The molecule has 0 radical (unpaired) electrons. The van der Waals surface area contributed by atoms with E-state index in [2.05, 4.69) is 20.2 Å². The third kappa shape index (κ3) is 4.38. The van der Waals surface area contributed by atoms with E-state index in [4.69, 9.17) is 9.47 Å². The van der Waals surface area contributed by atoms with Gasteiger partial charge in [-0.05, 0) is 31.2 Å². The topological polar surface area (TPSA) is 76.6 Å². The van der Waals surface area contributed by atoms with Crippen molar-refractivity contribution in [2.24, 2.45) is 0 Å². The average molecular weight is 410 g/mol. The molecule has 1 N–H and O–H groups in total. The number of morpholine rings is 1. The lowest BCUT2D eigenvalue weighted by Gasteiger charge is -2.28. The molecule has 0 saturated carbocycles. The minimum absolute atomic E-state index is 0.280. The first-order valence-corrected chi connectivity index (χ1v) is 10.2. The van der Waals surface area contributed by atoms with Crippen LogP contribution in [-0.4, -0.2) is 49.3 Å². The molecule has 1 aliphatic rings. The Balaban J connectivity index is 1.51.